The molecular weight excluding hydrogens is 366 g/mol. The minimum Gasteiger partial charge on any atom is -0.378 e. The molecule has 1 saturated heterocycles. The zero-order valence-corrected chi connectivity index (χ0v) is 16.3. The van der Waals surface area contributed by atoms with Gasteiger partial charge in [0.15, 0.2) is 0 Å². The van der Waals surface area contributed by atoms with Crippen molar-refractivity contribution in [1.82, 2.24) is 9.97 Å². The summed E-state index contributed by atoms with van der Waals surface area (Å²) in [6.45, 7) is 5.17. The standard InChI is InChI=1S/C22H23N5O2/c1-15-24-14-20(21(23)28)22(25-15)26-18-6-2-16(3-7-18)17-4-8-19(9-5-17)27-10-12-29-13-11-27/h2-9,14H,10-13H2,1H3,(H2,23,28)(H,24,25,26). The molecule has 1 aliphatic heterocycles. The number of hydrogen-bond donors (Lipinski definition) is 2. The van der Waals surface area contributed by atoms with Crippen molar-refractivity contribution in [3.05, 3.63) is 66.1 Å². The molecule has 0 aliphatic carbocycles. The summed E-state index contributed by atoms with van der Waals surface area (Å²) in [5.41, 5.74) is 9.96. The van der Waals surface area contributed by atoms with E-state index in [0.717, 1.165) is 43.1 Å². The van der Waals surface area contributed by atoms with Gasteiger partial charge in [0, 0.05) is 30.7 Å². The first-order valence-corrected chi connectivity index (χ1v) is 9.54. The van der Waals surface area contributed by atoms with Crippen LogP contribution in [-0.2, 0) is 4.74 Å². The second-order valence-corrected chi connectivity index (χ2v) is 6.89. The Balaban J connectivity index is 1.50. The third-order valence-electron chi connectivity index (χ3n) is 4.90. The molecule has 4 rings (SSSR count). The van der Waals surface area contributed by atoms with Gasteiger partial charge < -0.3 is 20.7 Å². The van der Waals surface area contributed by atoms with Gasteiger partial charge in [-0.05, 0) is 42.3 Å². The van der Waals surface area contributed by atoms with Gasteiger partial charge >= 0.3 is 0 Å². The van der Waals surface area contributed by atoms with Gasteiger partial charge in [-0.2, -0.15) is 0 Å². The van der Waals surface area contributed by atoms with Crippen LogP contribution in [0, 0.1) is 6.92 Å². The normalized spacial score (nSPS) is 13.9. The number of aryl methyl sites for hydroxylation is 1. The molecule has 0 atom stereocenters. The molecule has 0 bridgehead atoms. The van der Waals surface area contributed by atoms with Crippen LogP contribution in [0.4, 0.5) is 17.2 Å². The monoisotopic (exact) mass is 389 g/mol. The number of nitrogens with two attached hydrogens (primary N) is 1. The highest BCUT2D eigenvalue weighted by Gasteiger charge is 2.12. The zero-order chi connectivity index (χ0) is 20.2. The Labute approximate surface area is 169 Å². The number of primary amides is 1. The van der Waals surface area contributed by atoms with Gasteiger partial charge in [0.25, 0.3) is 5.91 Å². The van der Waals surface area contributed by atoms with Gasteiger partial charge in [0.2, 0.25) is 0 Å². The van der Waals surface area contributed by atoms with Crippen molar-refractivity contribution in [2.24, 2.45) is 5.73 Å². The molecule has 0 radical (unpaired) electrons. The summed E-state index contributed by atoms with van der Waals surface area (Å²) in [5.74, 6) is 0.409. The molecule has 1 amide bonds. The second-order valence-electron chi connectivity index (χ2n) is 6.89. The van der Waals surface area contributed by atoms with E-state index in [2.05, 4.69) is 44.5 Å². The highest BCUT2D eigenvalue weighted by atomic mass is 16.5. The number of nitrogens with one attached hydrogen (secondary N) is 1. The largest absolute Gasteiger partial charge is 0.378 e. The van der Waals surface area contributed by atoms with Gasteiger partial charge in [0.1, 0.15) is 17.2 Å². The molecule has 7 nitrogen and oxygen atoms in total. The lowest BCUT2D eigenvalue weighted by atomic mass is 10.0. The number of benzene rings is 2. The molecule has 148 valence electrons. The van der Waals surface area contributed by atoms with Crippen LogP contribution < -0.4 is 16.0 Å². The highest BCUT2D eigenvalue weighted by molar-refractivity contribution is 5.97. The number of carbonyl (C=O) groups excluding carboxylic acids is 1. The molecule has 7 heteroatoms. The van der Waals surface area contributed by atoms with Crippen LogP contribution in [0.1, 0.15) is 16.2 Å². The Morgan fingerprint density at radius 3 is 2.28 bits per heavy atom. The fraction of sp³-hybridized carbons (Fsp3) is 0.227. The van der Waals surface area contributed by atoms with E-state index >= 15 is 0 Å². The van der Waals surface area contributed by atoms with Crippen molar-refractivity contribution in [1.29, 1.82) is 0 Å². The molecule has 3 N–H and O–H groups in total. The van der Waals surface area contributed by atoms with Crippen LogP contribution in [0.3, 0.4) is 0 Å². The molecule has 0 spiro atoms. The quantitative estimate of drug-likeness (QED) is 0.696. The average Bonchev–Trinajstić information content (AvgIpc) is 2.75. The topological polar surface area (TPSA) is 93.4 Å². The van der Waals surface area contributed by atoms with E-state index in [0.29, 0.717) is 11.6 Å². The number of carbonyl (C=O) groups is 1. The number of aromatic nitrogens is 2. The van der Waals surface area contributed by atoms with E-state index in [1.165, 1.54) is 11.9 Å². The molecule has 2 aromatic carbocycles. The Morgan fingerprint density at radius 1 is 1.03 bits per heavy atom. The van der Waals surface area contributed by atoms with Crippen LogP contribution >= 0.6 is 0 Å². The van der Waals surface area contributed by atoms with Crippen molar-refractivity contribution < 1.29 is 9.53 Å². The predicted molar refractivity (Wildman–Crippen MR) is 113 cm³/mol. The molecule has 1 aliphatic rings. The second kappa shape index (κ2) is 8.28. The van der Waals surface area contributed by atoms with E-state index in [1.807, 2.05) is 24.3 Å². The third-order valence-corrected chi connectivity index (χ3v) is 4.90. The third kappa shape index (κ3) is 4.35. The number of ether oxygens (including phenoxy) is 1. The first-order valence-electron chi connectivity index (χ1n) is 9.54. The van der Waals surface area contributed by atoms with Crippen LogP contribution in [0.25, 0.3) is 11.1 Å². The Hall–Kier alpha value is -3.45. The van der Waals surface area contributed by atoms with E-state index in [-0.39, 0.29) is 5.56 Å². The van der Waals surface area contributed by atoms with Crippen LogP contribution in [0.2, 0.25) is 0 Å². The van der Waals surface area contributed by atoms with Gasteiger partial charge in [-0.25, -0.2) is 9.97 Å². The summed E-state index contributed by atoms with van der Waals surface area (Å²) in [7, 11) is 0. The maximum absolute atomic E-state index is 11.6. The van der Waals surface area contributed by atoms with Crippen LogP contribution in [0.15, 0.2) is 54.7 Å². The maximum atomic E-state index is 11.6. The van der Waals surface area contributed by atoms with Crippen molar-refractivity contribution >= 4 is 23.1 Å². The van der Waals surface area contributed by atoms with Gasteiger partial charge in [0.05, 0.1) is 13.2 Å². The molecule has 3 aromatic rings. The summed E-state index contributed by atoms with van der Waals surface area (Å²) >= 11 is 0. The fourth-order valence-electron chi connectivity index (χ4n) is 3.31. The van der Waals surface area contributed by atoms with Crippen LogP contribution in [0.5, 0.6) is 0 Å². The lowest BCUT2D eigenvalue weighted by Crippen LogP contribution is -2.36. The maximum Gasteiger partial charge on any atom is 0.254 e. The Morgan fingerprint density at radius 2 is 1.66 bits per heavy atom. The number of amides is 1. The summed E-state index contributed by atoms with van der Waals surface area (Å²) in [6.07, 6.45) is 1.44. The van der Waals surface area contributed by atoms with E-state index < -0.39 is 5.91 Å². The minimum absolute atomic E-state index is 0.262. The summed E-state index contributed by atoms with van der Waals surface area (Å²) in [4.78, 5) is 22.3. The number of rotatable bonds is 5. The smallest absolute Gasteiger partial charge is 0.254 e. The van der Waals surface area contributed by atoms with Crippen molar-refractivity contribution in [2.45, 2.75) is 6.92 Å². The van der Waals surface area contributed by atoms with Crippen LogP contribution in [-0.4, -0.2) is 42.2 Å². The highest BCUT2D eigenvalue weighted by Crippen LogP contribution is 2.26. The first kappa shape index (κ1) is 18.9. The lowest BCUT2D eigenvalue weighted by Gasteiger charge is -2.28. The van der Waals surface area contributed by atoms with Crippen molar-refractivity contribution in [2.75, 3.05) is 36.5 Å². The first-order chi connectivity index (χ1) is 14.1. The molecular formula is C22H23N5O2. The summed E-state index contributed by atoms with van der Waals surface area (Å²) in [6, 6.07) is 16.5. The fourth-order valence-corrected chi connectivity index (χ4v) is 3.31. The van der Waals surface area contributed by atoms with E-state index in [9.17, 15) is 4.79 Å². The molecule has 1 fully saturated rings. The van der Waals surface area contributed by atoms with E-state index in [4.69, 9.17) is 10.5 Å². The predicted octanol–water partition coefficient (Wildman–Crippen LogP) is 3.13. The Bertz CT molecular complexity index is 997. The van der Waals surface area contributed by atoms with Crippen molar-refractivity contribution in [3.63, 3.8) is 0 Å². The molecule has 1 aromatic heterocycles. The summed E-state index contributed by atoms with van der Waals surface area (Å²) in [5, 5.41) is 3.16. The molecule has 0 unspecified atom stereocenters. The van der Waals surface area contributed by atoms with Crippen molar-refractivity contribution in [3.8, 4) is 11.1 Å². The summed E-state index contributed by atoms with van der Waals surface area (Å²) < 4.78 is 5.41. The SMILES string of the molecule is Cc1ncc(C(N)=O)c(Nc2ccc(-c3ccc(N4CCOCC4)cc3)cc2)n1. The molecule has 0 saturated carbocycles. The zero-order valence-electron chi connectivity index (χ0n) is 16.3. The number of nitrogens with zero attached hydrogens (tertiary/aromatic N) is 3. The number of morpholine rings is 1. The van der Waals surface area contributed by atoms with Gasteiger partial charge in [-0.15, -0.1) is 0 Å². The molecule has 2 heterocycles. The van der Waals surface area contributed by atoms with E-state index in [1.54, 1.807) is 6.92 Å². The average molecular weight is 389 g/mol. The number of hydrogen-bond acceptors (Lipinski definition) is 6. The van der Waals surface area contributed by atoms with Gasteiger partial charge in [-0.1, -0.05) is 24.3 Å². The molecule has 29 heavy (non-hydrogen) atoms. The Kier molecular flexibility index (Phi) is 5.39. The number of anilines is 3. The van der Waals surface area contributed by atoms with Gasteiger partial charge in [-0.3, -0.25) is 4.79 Å². The lowest BCUT2D eigenvalue weighted by molar-refractivity contribution is 0.100. The minimum atomic E-state index is -0.565.